The van der Waals surface area contributed by atoms with Crippen molar-refractivity contribution in [1.29, 1.82) is 0 Å². The van der Waals surface area contributed by atoms with Gasteiger partial charge in [0.15, 0.2) is 0 Å². The van der Waals surface area contributed by atoms with E-state index in [2.05, 4.69) is 0 Å². The highest BCUT2D eigenvalue weighted by Crippen LogP contribution is 2.53. The summed E-state index contributed by atoms with van der Waals surface area (Å²) in [6.07, 6.45) is 3.55. The van der Waals surface area contributed by atoms with Crippen molar-refractivity contribution in [3.8, 4) is 0 Å². The number of methoxy groups -OCH3 is 1. The van der Waals surface area contributed by atoms with Crippen LogP contribution in [0.2, 0.25) is 0 Å². The second-order valence-corrected chi connectivity index (χ2v) is 6.69. The largest absolute Gasteiger partial charge is 0.444 e. The van der Waals surface area contributed by atoms with Crippen LogP contribution in [-0.4, -0.2) is 47.7 Å². The molecule has 0 aromatic carbocycles. The molecule has 5 nitrogen and oxygen atoms in total. The van der Waals surface area contributed by atoms with Gasteiger partial charge in [-0.3, -0.25) is 4.90 Å². The zero-order valence-corrected chi connectivity index (χ0v) is 12.2. The summed E-state index contributed by atoms with van der Waals surface area (Å²) >= 11 is 0. The molecule has 2 saturated heterocycles. The lowest BCUT2D eigenvalue weighted by Crippen LogP contribution is -2.54. The van der Waals surface area contributed by atoms with Gasteiger partial charge < -0.3 is 14.3 Å². The highest BCUT2D eigenvalue weighted by atomic mass is 16.6. The Hall–Kier alpha value is -1.10. The van der Waals surface area contributed by atoms with Gasteiger partial charge in [0.25, 0.3) is 0 Å². The van der Waals surface area contributed by atoms with E-state index in [1.807, 2.05) is 20.8 Å². The van der Waals surface area contributed by atoms with Gasteiger partial charge in [0.2, 0.25) is 0 Å². The molecule has 0 saturated carbocycles. The summed E-state index contributed by atoms with van der Waals surface area (Å²) in [5, 5.41) is 0. The third kappa shape index (κ3) is 2.24. The van der Waals surface area contributed by atoms with Gasteiger partial charge in [-0.1, -0.05) is 0 Å². The molecule has 0 N–H and O–H groups in total. The smallest absolute Gasteiger partial charge is 0.411 e. The molecule has 0 radical (unpaired) electrons. The van der Waals surface area contributed by atoms with Crippen molar-refractivity contribution in [3.63, 3.8) is 0 Å². The van der Waals surface area contributed by atoms with Crippen LogP contribution in [0.15, 0.2) is 0 Å². The number of fused-ring (bicyclic) bond motifs is 2. The predicted molar refractivity (Wildman–Crippen MR) is 69.9 cm³/mol. The predicted octanol–water partition coefficient (Wildman–Crippen LogP) is 2.13. The summed E-state index contributed by atoms with van der Waals surface area (Å²) in [6, 6.07) is 0. The number of nitrogens with zero attached hydrogens (tertiary/aromatic N) is 1. The van der Waals surface area contributed by atoms with Crippen LogP contribution >= 0.6 is 0 Å². The van der Waals surface area contributed by atoms with Gasteiger partial charge in [-0.15, -0.1) is 0 Å². The van der Waals surface area contributed by atoms with E-state index in [4.69, 9.17) is 9.47 Å². The van der Waals surface area contributed by atoms with Crippen molar-refractivity contribution in [2.75, 3.05) is 13.7 Å². The summed E-state index contributed by atoms with van der Waals surface area (Å²) in [5.41, 5.74) is -1.60. The van der Waals surface area contributed by atoms with E-state index in [1.54, 1.807) is 12.0 Å². The van der Waals surface area contributed by atoms with E-state index in [-0.39, 0.29) is 5.54 Å². The third-order valence-electron chi connectivity index (χ3n) is 4.17. The fourth-order valence-electron chi connectivity index (χ4n) is 3.40. The Morgan fingerprint density at radius 1 is 1.26 bits per heavy atom. The van der Waals surface area contributed by atoms with Crippen molar-refractivity contribution in [1.82, 2.24) is 4.90 Å². The standard InChI is InChI=1S/C14H23NO4/c1-12(2,3)19-11(17)15-13(9-16)5-7-14(15,8-6-13)10-18-4/h9H,5-8,10H2,1-4H3. The van der Waals surface area contributed by atoms with Gasteiger partial charge in [0.05, 0.1) is 12.1 Å². The molecule has 0 unspecified atom stereocenters. The number of hydrogen-bond donors (Lipinski definition) is 0. The minimum atomic E-state index is -0.680. The summed E-state index contributed by atoms with van der Waals surface area (Å²) < 4.78 is 10.8. The van der Waals surface area contributed by atoms with Crippen LogP contribution in [0.3, 0.4) is 0 Å². The Kier molecular flexibility index (Phi) is 3.37. The number of rotatable bonds is 3. The van der Waals surface area contributed by atoms with Crippen LogP contribution in [-0.2, 0) is 14.3 Å². The highest BCUT2D eigenvalue weighted by Gasteiger charge is 2.63. The zero-order valence-electron chi connectivity index (χ0n) is 12.2. The molecule has 0 aromatic rings. The zero-order chi connectivity index (χ0) is 14.3. The van der Waals surface area contributed by atoms with Gasteiger partial charge in [-0.25, -0.2) is 4.79 Å². The first-order valence-corrected chi connectivity index (χ1v) is 6.77. The molecule has 2 heterocycles. The van der Waals surface area contributed by atoms with Gasteiger partial charge in [-0.05, 0) is 46.5 Å². The van der Waals surface area contributed by atoms with E-state index in [0.717, 1.165) is 19.1 Å². The molecule has 0 aliphatic carbocycles. The van der Waals surface area contributed by atoms with Crippen LogP contribution in [0.25, 0.3) is 0 Å². The van der Waals surface area contributed by atoms with E-state index in [1.165, 1.54) is 0 Å². The average Bonchev–Trinajstić information content (AvgIpc) is 2.78. The maximum Gasteiger partial charge on any atom is 0.411 e. The van der Waals surface area contributed by atoms with Crippen LogP contribution in [0.4, 0.5) is 4.79 Å². The fourth-order valence-corrected chi connectivity index (χ4v) is 3.40. The average molecular weight is 269 g/mol. The SMILES string of the molecule is COCC12CCC(C=O)(CC1)N2C(=O)OC(C)(C)C. The number of ether oxygens (including phenoxy) is 2. The quantitative estimate of drug-likeness (QED) is 0.737. The Bertz CT molecular complexity index is 377. The van der Waals surface area contributed by atoms with E-state index in [0.29, 0.717) is 19.4 Å². The van der Waals surface area contributed by atoms with Crippen molar-refractivity contribution < 1.29 is 19.1 Å². The van der Waals surface area contributed by atoms with Crippen molar-refractivity contribution in [3.05, 3.63) is 0 Å². The van der Waals surface area contributed by atoms with Gasteiger partial charge in [0.1, 0.15) is 17.4 Å². The Balaban J connectivity index is 2.29. The van der Waals surface area contributed by atoms with E-state index in [9.17, 15) is 9.59 Å². The van der Waals surface area contributed by atoms with Crippen molar-refractivity contribution in [2.45, 2.75) is 63.1 Å². The van der Waals surface area contributed by atoms with Crippen LogP contribution < -0.4 is 0 Å². The number of amides is 1. The van der Waals surface area contributed by atoms with Crippen LogP contribution in [0, 0.1) is 0 Å². The second-order valence-electron chi connectivity index (χ2n) is 6.69. The molecule has 108 valence electrons. The summed E-state index contributed by atoms with van der Waals surface area (Å²) in [6.45, 7) is 5.96. The lowest BCUT2D eigenvalue weighted by molar-refractivity contribution is -0.117. The molecule has 1 amide bonds. The van der Waals surface area contributed by atoms with Crippen molar-refractivity contribution in [2.24, 2.45) is 0 Å². The first-order chi connectivity index (χ1) is 8.79. The van der Waals surface area contributed by atoms with Crippen LogP contribution in [0.5, 0.6) is 0 Å². The monoisotopic (exact) mass is 269 g/mol. The molecule has 0 spiro atoms. The fraction of sp³-hybridized carbons (Fsp3) is 0.857. The van der Waals surface area contributed by atoms with E-state index < -0.39 is 17.2 Å². The Labute approximate surface area is 114 Å². The maximum atomic E-state index is 12.5. The molecular weight excluding hydrogens is 246 g/mol. The molecule has 19 heavy (non-hydrogen) atoms. The minimum Gasteiger partial charge on any atom is -0.444 e. The van der Waals surface area contributed by atoms with E-state index >= 15 is 0 Å². The molecule has 0 atom stereocenters. The third-order valence-corrected chi connectivity index (χ3v) is 4.17. The first-order valence-electron chi connectivity index (χ1n) is 6.77. The topological polar surface area (TPSA) is 55.8 Å². The number of carbonyl (C=O) groups is 2. The van der Waals surface area contributed by atoms with Gasteiger partial charge in [-0.2, -0.15) is 0 Å². The normalized spacial score (nSPS) is 33.6. The maximum absolute atomic E-state index is 12.5. The summed E-state index contributed by atoms with van der Waals surface area (Å²) in [5.74, 6) is 0. The molecule has 0 aromatic heterocycles. The molecule has 2 rings (SSSR count). The number of aldehydes is 1. The molecule has 2 bridgehead atoms. The van der Waals surface area contributed by atoms with Gasteiger partial charge in [0, 0.05) is 7.11 Å². The number of hydrogen-bond acceptors (Lipinski definition) is 4. The molecule has 2 fully saturated rings. The minimum absolute atomic E-state index is 0.363. The number of carbonyl (C=O) groups excluding carboxylic acids is 2. The molecular formula is C14H23NO4. The van der Waals surface area contributed by atoms with Crippen molar-refractivity contribution >= 4 is 12.4 Å². The Morgan fingerprint density at radius 3 is 2.26 bits per heavy atom. The summed E-state index contributed by atoms with van der Waals surface area (Å²) in [7, 11) is 1.63. The second kappa shape index (κ2) is 4.47. The lowest BCUT2D eigenvalue weighted by atomic mass is 9.83. The van der Waals surface area contributed by atoms with Crippen LogP contribution in [0.1, 0.15) is 46.5 Å². The highest BCUT2D eigenvalue weighted by molar-refractivity contribution is 5.80. The summed E-state index contributed by atoms with van der Waals surface area (Å²) in [4.78, 5) is 25.6. The molecule has 2 aliphatic rings. The molecule has 5 heteroatoms. The lowest BCUT2D eigenvalue weighted by Gasteiger charge is -2.37. The molecule has 2 aliphatic heterocycles. The Morgan fingerprint density at radius 2 is 1.84 bits per heavy atom. The van der Waals surface area contributed by atoms with Gasteiger partial charge >= 0.3 is 6.09 Å². The first kappa shape index (κ1) is 14.3.